The van der Waals surface area contributed by atoms with Crippen molar-refractivity contribution in [3.8, 4) is 11.8 Å². The molecule has 2 aromatic rings. The normalized spacial score (nSPS) is 9.90. The number of nitrogens with zero attached hydrogens (tertiary/aromatic N) is 3. The van der Waals surface area contributed by atoms with Crippen LogP contribution in [-0.2, 0) is 7.05 Å². The molecule has 0 atom stereocenters. The van der Waals surface area contributed by atoms with Crippen LogP contribution in [0.4, 0.5) is 5.82 Å². The van der Waals surface area contributed by atoms with E-state index in [0.717, 1.165) is 0 Å². The van der Waals surface area contributed by atoms with Crippen LogP contribution in [0, 0.1) is 11.3 Å². The Balaban J connectivity index is 2.36. The largest absolute Gasteiger partial charge is 0.496 e. The van der Waals surface area contributed by atoms with Crippen LogP contribution < -0.4 is 10.1 Å². The number of halogens is 1. The number of nitrogens with one attached hydrogen (secondary N) is 1. The number of carbonyl (C=O) groups excluding carboxylic acids is 1. The van der Waals surface area contributed by atoms with Gasteiger partial charge in [0.15, 0.2) is 0 Å². The first-order valence-electron chi connectivity index (χ1n) is 5.63. The smallest absolute Gasteiger partial charge is 0.260 e. The summed E-state index contributed by atoms with van der Waals surface area (Å²) in [4.78, 5) is 12.3. The molecule has 1 amide bonds. The van der Waals surface area contributed by atoms with E-state index in [0.29, 0.717) is 16.6 Å². The Hall–Kier alpha value is -2.52. The van der Waals surface area contributed by atoms with Crippen LogP contribution in [0.2, 0.25) is 5.02 Å². The van der Waals surface area contributed by atoms with Gasteiger partial charge in [-0.25, -0.2) is 0 Å². The molecule has 0 unspecified atom stereocenters. The molecule has 102 valence electrons. The lowest BCUT2D eigenvalue weighted by molar-refractivity contribution is 0.102. The summed E-state index contributed by atoms with van der Waals surface area (Å²) in [6.07, 6.45) is 1.38. The molecule has 0 fully saturated rings. The van der Waals surface area contributed by atoms with Crippen molar-refractivity contribution in [1.29, 1.82) is 5.26 Å². The molecule has 1 aromatic carbocycles. The highest BCUT2D eigenvalue weighted by atomic mass is 35.5. The number of hydrogen-bond acceptors (Lipinski definition) is 4. The van der Waals surface area contributed by atoms with E-state index in [1.165, 1.54) is 24.1 Å². The average molecular weight is 291 g/mol. The first-order valence-corrected chi connectivity index (χ1v) is 6.01. The zero-order chi connectivity index (χ0) is 14.7. The number of ether oxygens (including phenoxy) is 1. The quantitative estimate of drug-likeness (QED) is 0.940. The number of amides is 1. The Bertz CT molecular complexity index is 703. The lowest BCUT2D eigenvalue weighted by Gasteiger charge is -2.10. The maximum absolute atomic E-state index is 12.3. The minimum Gasteiger partial charge on any atom is -0.496 e. The maximum Gasteiger partial charge on any atom is 0.260 e. The number of anilines is 1. The SMILES string of the molecule is COc1ccc(Cl)cc1C(=O)Nc1c(C#N)cnn1C. The molecule has 2 rings (SSSR count). The number of hydrogen-bond donors (Lipinski definition) is 1. The molecule has 6 nitrogen and oxygen atoms in total. The molecule has 0 aliphatic heterocycles. The summed E-state index contributed by atoms with van der Waals surface area (Å²) in [6.45, 7) is 0. The molecule has 7 heteroatoms. The van der Waals surface area contributed by atoms with Crippen molar-refractivity contribution in [2.24, 2.45) is 7.05 Å². The van der Waals surface area contributed by atoms with E-state index in [1.54, 1.807) is 19.2 Å². The van der Waals surface area contributed by atoms with Crippen LogP contribution in [0.5, 0.6) is 5.75 Å². The fourth-order valence-corrected chi connectivity index (χ4v) is 1.87. The van der Waals surface area contributed by atoms with Crippen molar-refractivity contribution in [3.63, 3.8) is 0 Å². The minimum atomic E-state index is -0.426. The van der Waals surface area contributed by atoms with Gasteiger partial charge in [0, 0.05) is 12.1 Å². The molecular weight excluding hydrogens is 280 g/mol. The third-order valence-electron chi connectivity index (χ3n) is 2.70. The van der Waals surface area contributed by atoms with E-state index in [4.69, 9.17) is 21.6 Å². The highest BCUT2D eigenvalue weighted by Crippen LogP contribution is 2.24. The predicted molar refractivity (Wildman–Crippen MR) is 73.9 cm³/mol. The summed E-state index contributed by atoms with van der Waals surface area (Å²) in [5, 5.41) is 15.9. The third-order valence-corrected chi connectivity index (χ3v) is 2.93. The number of methoxy groups -OCH3 is 1. The van der Waals surface area contributed by atoms with Crippen LogP contribution in [0.3, 0.4) is 0 Å². The molecule has 1 aromatic heterocycles. The van der Waals surface area contributed by atoms with Crippen molar-refractivity contribution in [2.45, 2.75) is 0 Å². The maximum atomic E-state index is 12.3. The second-order valence-corrected chi connectivity index (χ2v) is 4.38. The highest BCUT2D eigenvalue weighted by molar-refractivity contribution is 6.31. The molecule has 1 N–H and O–H groups in total. The van der Waals surface area contributed by atoms with Crippen LogP contribution in [0.15, 0.2) is 24.4 Å². The zero-order valence-corrected chi connectivity index (χ0v) is 11.6. The van der Waals surface area contributed by atoms with Gasteiger partial charge in [-0.3, -0.25) is 9.48 Å². The molecule has 0 aliphatic rings. The van der Waals surface area contributed by atoms with Gasteiger partial charge in [0.1, 0.15) is 23.2 Å². The summed E-state index contributed by atoms with van der Waals surface area (Å²) < 4.78 is 6.53. The topological polar surface area (TPSA) is 79.9 Å². The van der Waals surface area contributed by atoms with Crippen molar-refractivity contribution in [1.82, 2.24) is 9.78 Å². The second kappa shape index (κ2) is 5.63. The van der Waals surface area contributed by atoms with Crippen LogP contribution in [0.25, 0.3) is 0 Å². The summed E-state index contributed by atoms with van der Waals surface area (Å²) in [6, 6.07) is 6.69. The van der Waals surface area contributed by atoms with Gasteiger partial charge < -0.3 is 10.1 Å². The number of aromatic nitrogens is 2. The molecule has 20 heavy (non-hydrogen) atoms. The number of benzene rings is 1. The Morgan fingerprint density at radius 1 is 1.55 bits per heavy atom. The molecule has 0 saturated carbocycles. The Labute approximate surface area is 120 Å². The summed E-state index contributed by atoms with van der Waals surface area (Å²) >= 11 is 5.88. The van der Waals surface area contributed by atoms with Gasteiger partial charge in [-0.15, -0.1) is 0 Å². The zero-order valence-electron chi connectivity index (χ0n) is 10.8. The lowest BCUT2D eigenvalue weighted by atomic mass is 10.2. The summed E-state index contributed by atoms with van der Waals surface area (Å²) in [5.74, 6) is 0.288. The number of carbonyl (C=O) groups is 1. The van der Waals surface area contributed by atoms with Gasteiger partial charge in [-0.2, -0.15) is 10.4 Å². The third kappa shape index (κ3) is 2.58. The Kier molecular flexibility index (Phi) is 3.91. The number of nitriles is 1. The van der Waals surface area contributed by atoms with Crippen molar-refractivity contribution < 1.29 is 9.53 Å². The Morgan fingerprint density at radius 3 is 2.95 bits per heavy atom. The van der Waals surface area contributed by atoms with Crippen molar-refractivity contribution >= 4 is 23.3 Å². The standard InChI is InChI=1S/C13H11ClN4O2/c1-18-12(8(6-15)7-16-18)17-13(19)10-5-9(14)3-4-11(10)20-2/h3-5,7H,1-2H3,(H,17,19). The average Bonchev–Trinajstić information content (AvgIpc) is 2.79. The van der Waals surface area contributed by atoms with E-state index in [9.17, 15) is 4.79 Å². The second-order valence-electron chi connectivity index (χ2n) is 3.94. The van der Waals surface area contributed by atoms with E-state index >= 15 is 0 Å². The van der Waals surface area contributed by atoms with E-state index < -0.39 is 5.91 Å². The van der Waals surface area contributed by atoms with E-state index in [2.05, 4.69) is 10.4 Å². The predicted octanol–water partition coefficient (Wildman–Crippen LogP) is 2.21. The molecule has 0 saturated heterocycles. The number of aryl methyl sites for hydroxylation is 1. The fraction of sp³-hybridized carbons (Fsp3) is 0.154. The van der Waals surface area contributed by atoms with Gasteiger partial charge in [-0.1, -0.05) is 11.6 Å². The number of rotatable bonds is 3. The molecule has 0 radical (unpaired) electrons. The van der Waals surface area contributed by atoms with Gasteiger partial charge in [0.2, 0.25) is 0 Å². The fourth-order valence-electron chi connectivity index (χ4n) is 1.70. The molecule has 0 aliphatic carbocycles. The lowest BCUT2D eigenvalue weighted by Crippen LogP contribution is -2.16. The first kappa shape index (κ1) is 13.9. The molecule has 1 heterocycles. The van der Waals surface area contributed by atoms with Crippen LogP contribution in [0.1, 0.15) is 15.9 Å². The van der Waals surface area contributed by atoms with Gasteiger partial charge >= 0.3 is 0 Å². The molecule has 0 spiro atoms. The van der Waals surface area contributed by atoms with Crippen molar-refractivity contribution in [2.75, 3.05) is 12.4 Å². The van der Waals surface area contributed by atoms with E-state index in [-0.39, 0.29) is 11.1 Å². The molecule has 0 bridgehead atoms. The summed E-state index contributed by atoms with van der Waals surface area (Å²) in [7, 11) is 3.09. The van der Waals surface area contributed by atoms with Crippen LogP contribution in [-0.4, -0.2) is 22.8 Å². The molecular formula is C13H11ClN4O2. The van der Waals surface area contributed by atoms with Gasteiger partial charge in [0.25, 0.3) is 5.91 Å². The first-order chi connectivity index (χ1) is 9.56. The van der Waals surface area contributed by atoms with Gasteiger partial charge in [0.05, 0.1) is 18.9 Å². The van der Waals surface area contributed by atoms with Crippen LogP contribution >= 0.6 is 11.6 Å². The minimum absolute atomic E-state index is 0.279. The Morgan fingerprint density at radius 2 is 2.30 bits per heavy atom. The van der Waals surface area contributed by atoms with Gasteiger partial charge in [-0.05, 0) is 18.2 Å². The summed E-state index contributed by atoms with van der Waals surface area (Å²) in [5.41, 5.74) is 0.562. The van der Waals surface area contributed by atoms with Crippen molar-refractivity contribution in [3.05, 3.63) is 40.5 Å². The highest BCUT2D eigenvalue weighted by Gasteiger charge is 2.17. The monoisotopic (exact) mass is 290 g/mol. The van der Waals surface area contributed by atoms with E-state index in [1.807, 2.05) is 6.07 Å².